The van der Waals surface area contributed by atoms with Gasteiger partial charge in [-0.25, -0.2) is 4.39 Å². The number of hydrogen-bond donors (Lipinski definition) is 1. The van der Waals surface area contributed by atoms with Gasteiger partial charge >= 0.3 is 0 Å². The minimum Gasteiger partial charge on any atom is -0.376 e. The van der Waals surface area contributed by atoms with E-state index in [4.69, 9.17) is 17.0 Å². The van der Waals surface area contributed by atoms with Gasteiger partial charge in [0.15, 0.2) is 5.11 Å². The normalized spacial score (nSPS) is 23.0. The van der Waals surface area contributed by atoms with Gasteiger partial charge in [0.25, 0.3) is 0 Å². The summed E-state index contributed by atoms with van der Waals surface area (Å²) < 4.78 is 21.6. The number of ether oxygens (including phenoxy) is 1. The zero-order valence-electron chi connectivity index (χ0n) is 18.3. The van der Waals surface area contributed by atoms with Crippen molar-refractivity contribution in [3.8, 4) is 5.69 Å². The van der Waals surface area contributed by atoms with Gasteiger partial charge in [-0.15, -0.1) is 0 Å². The second kappa shape index (κ2) is 8.64. The Bertz CT molecular complexity index is 1110. The van der Waals surface area contributed by atoms with Crippen LogP contribution in [0.1, 0.15) is 47.6 Å². The molecule has 2 aliphatic rings. The second-order valence-corrected chi connectivity index (χ2v) is 8.94. The summed E-state index contributed by atoms with van der Waals surface area (Å²) in [5, 5.41) is 4.26. The summed E-state index contributed by atoms with van der Waals surface area (Å²) in [5.74, 6) is -0.236. The van der Waals surface area contributed by atoms with Crippen molar-refractivity contribution in [2.24, 2.45) is 0 Å². The fourth-order valence-corrected chi connectivity index (χ4v) is 5.34. The van der Waals surface area contributed by atoms with Crippen LogP contribution in [-0.4, -0.2) is 38.8 Å². The van der Waals surface area contributed by atoms with Crippen molar-refractivity contribution in [2.75, 3.05) is 13.2 Å². The van der Waals surface area contributed by atoms with E-state index >= 15 is 0 Å². The van der Waals surface area contributed by atoms with Gasteiger partial charge in [0.1, 0.15) is 5.82 Å². The monoisotopic (exact) mass is 450 g/mol. The number of nitrogens with one attached hydrogen (secondary N) is 1. The highest BCUT2D eigenvalue weighted by atomic mass is 32.1. The molecule has 3 atom stereocenters. The van der Waals surface area contributed by atoms with Gasteiger partial charge in [-0.05, 0) is 86.9 Å². The number of halogens is 1. The minimum absolute atomic E-state index is 0.0120. The van der Waals surface area contributed by atoms with Crippen LogP contribution >= 0.6 is 12.2 Å². The van der Waals surface area contributed by atoms with Gasteiger partial charge < -0.3 is 19.5 Å². The van der Waals surface area contributed by atoms with E-state index in [1.807, 2.05) is 36.5 Å². The Hall–Kier alpha value is -2.77. The van der Waals surface area contributed by atoms with E-state index in [-0.39, 0.29) is 24.0 Å². The van der Waals surface area contributed by atoms with Gasteiger partial charge in [-0.3, -0.25) is 4.98 Å². The average molecular weight is 451 g/mol. The fraction of sp³-hybridized carbons (Fsp3) is 0.360. The van der Waals surface area contributed by atoms with Crippen LogP contribution in [0.5, 0.6) is 0 Å². The molecule has 166 valence electrons. The number of aromatic nitrogens is 2. The molecule has 1 N–H and O–H groups in total. The summed E-state index contributed by atoms with van der Waals surface area (Å²) in [6.07, 6.45) is 4.14. The lowest BCUT2D eigenvalue weighted by atomic mass is 9.96. The van der Waals surface area contributed by atoms with Gasteiger partial charge in [0.2, 0.25) is 0 Å². The van der Waals surface area contributed by atoms with Crippen LogP contribution < -0.4 is 5.32 Å². The Balaban J connectivity index is 1.58. The molecule has 0 spiro atoms. The zero-order chi connectivity index (χ0) is 22.2. The predicted octanol–water partition coefficient (Wildman–Crippen LogP) is 4.78. The topological polar surface area (TPSA) is 42.3 Å². The van der Waals surface area contributed by atoms with Crippen molar-refractivity contribution in [2.45, 2.75) is 44.9 Å². The molecule has 5 rings (SSSR count). The summed E-state index contributed by atoms with van der Waals surface area (Å²) >= 11 is 5.80. The average Bonchev–Trinajstić information content (AvgIpc) is 3.49. The van der Waals surface area contributed by atoms with E-state index in [0.29, 0.717) is 0 Å². The van der Waals surface area contributed by atoms with Gasteiger partial charge in [0, 0.05) is 36.4 Å². The highest BCUT2D eigenvalue weighted by molar-refractivity contribution is 7.80. The molecule has 2 aliphatic heterocycles. The Morgan fingerprint density at radius 2 is 2.00 bits per heavy atom. The Kier molecular flexibility index (Phi) is 5.69. The molecule has 0 radical (unpaired) electrons. The summed E-state index contributed by atoms with van der Waals surface area (Å²) in [6.45, 7) is 5.76. The summed E-state index contributed by atoms with van der Waals surface area (Å²) in [5.41, 5.74) is 5.30. The number of aryl methyl sites for hydroxylation is 1. The quantitative estimate of drug-likeness (QED) is 0.567. The van der Waals surface area contributed by atoms with Crippen molar-refractivity contribution in [1.29, 1.82) is 0 Å². The van der Waals surface area contributed by atoms with Crippen LogP contribution in [0.4, 0.5) is 4.39 Å². The summed E-state index contributed by atoms with van der Waals surface area (Å²) in [4.78, 5) is 6.90. The first-order valence-corrected chi connectivity index (χ1v) is 11.5. The number of rotatable bonds is 5. The van der Waals surface area contributed by atoms with Crippen LogP contribution in [0.3, 0.4) is 0 Å². The molecular formula is C25H27FN4OS. The fourth-order valence-electron chi connectivity index (χ4n) is 5.02. The first-order valence-electron chi connectivity index (χ1n) is 11.1. The molecule has 1 aromatic carbocycles. The molecule has 7 heteroatoms. The van der Waals surface area contributed by atoms with E-state index < -0.39 is 0 Å². The van der Waals surface area contributed by atoms with Crippen LogP contribution in [0.15, 0.2) is 54.7 Å². The van der Waals surface area contributed by atoms with Gasteiger partial charge in [0.05, 0.1) is 23.9 Å². The Labute approximate surface area is 193 Å². The standard InChI is InChI=1S/C25H27FN4OS/c1-16-14-21(17(2)30(16)19-10-8-18(26)9-11-19)24-23(22-7-3-4-12-27-22)28-25(32)29(24)15-20-6-5-13-31-20/h3-4,7-12,14,20,23-24H,5-6,13,15H2,1-2H3,(H,28,32). The van der Waals surface area contributed by atoms with E-state index in [2.05, 4.69) is 39.7 Å². The highest BCUT2D eigenvalue weighted by Crippen LogP contribution is 2.41. The molecular weight excluding hydrogens is 423 g/mol. The number of nitrogens with zero attached hydrogens (tertiary/aromatic N) is 3. The van der Waals surface area contributed by atoms with Crippen LogP contribution in [0.2, 0.25) is 0 Å². The van der Waals surface area contributed by atoms with E-state index in [0.717, 1.165) is 53.9 Å². The number of pyridine rings is 1. The van der Waals surface area contributed by atoms with Crippen LogP contribution in [0.25, 0.3) is 5.69 Å². The lowest BCUT2D eigenvalue weighted by molar-refractivity contribution is 0.0842. The molecule has 3 aromatic rings. The van der Waals surface area contributed by atoms with E-state index in [1.165, 1.54) is 17.7 Å². The van der Waals surface area contributed by atoms with Crippen molar-refractivity contribution < 1.29 is 9.13 Å². The maximum Gasteiger partial charge on any atom is 0.170 e. The molecule has 4 heterocycles. The maximum atomic E-state index is 13.5. The molecule has 0 bridgehead atoms. The van der Waals surface area contributed by atoms with Crippen LogP contribution in [-0.2, 0) is 4.74 Å². The number of thiocarbonyl (C=S) groups is 1. The molecule has 3 unspecified atom stereocenters. The molecule has 2 aromatic heterocycles. The molecule has 0 aliphatic carbocycles. The molecule has 0 amide bonds. The molecule has 2 saturated heterocycles. The van der Waals surface area contributed by atoms with E-state index in [9.17, 15) is 4.39 Å². The minimum atomic E-state index is -0.236. The largest absolute Gasteiger partial charge is 0.376 e. The smallest absolute Gasteiger partial charge is 0.170 e. The van der Waals surface area contributed by atoms with Crippen LogP contribution in [0, 0.1) is 19.7 Å². The van der Waals surface area contributed by atoms with Crippen molar-refractivity contribution in [3.05, 3.63) is 83.2 Å². The Morgan fingerprint density at radius 1 is 1.19 bits per heavy atom. The molecule has 5 nitrogen and oxygen atoms in total. The summed E-state index contributed by atoms with van der Waals surface area (Å²) in [6, 6.07) is 14.8. The third-order valence-electron chi connectivity index (χ3n) is 6.50. The van der Waals surface area contributed by atoms with Crippen molar-refractivity contribution >= 4 is 17.3 Å². The number of hydrogen-bond acceptors (Lipinski definition) is 3. The predicted molar refractivity (Wildman–Crippen MR) is 126 cm³/mol. The SMILES string of the molecule is Cc1cc(C2C(c3ccccn3)NC(=S)N2CC2CCCO2)c(C)n1-c1ccc(F)cc1. The maximum absolute atomic E-state index is 13.5. The Morgan fingerprint density at radius 3 is 2.69 bits per heavy atom. The second-order valence-electron chi connectivity index (χ2n) is 8.55. The summed E-state index contributed by atoms with van der Waals surface area (Å²) in [7, 11) is 0. The third kappa shape index (κ3) is 3.80. The lowest BCUT2D eigenvalue weighted by Crippen LogP contribution is -2.36. The van der Waals surface area contributed by atoms with Gasteiger partial charge in [-0.1, -0.05) is 6.07 Å². The van der Waals surface area contributed by atoms with Crippen molar-refractivity contribution in [3.63, 3.8) is 0 Å². The lowest BCUT2D eigenvalue weighted by Gasteiger charge is -2.30. The first-order chi connectivity index (χ1) is 15.5. The molecule has 32 heavy (non-hydrogen) atoms. The van der Waals surface area contributed by atoms with E-state index in [1.54, 1.807) is 0 Å². The van der Waals surface area contributed by atoms with Crippen molar-refractivity contribution in [1.82, 2.24) is 19.8 Å². The number of benzene rings is 1. The molecule has 0 saturated carbocycles. The highest BCUT2D eigenvalue weighted by Gasteiger charge is 2.42. The first kappa shape index (κ1) is 21.1. The third-order valence-corrected chi connectivity index (χ3v) is 6.85. The molecule has 2 fully saturated rings. The van der Waals surface area contributed by atoms with Gasteiger partial charge in [-0.2, -0.15) is 0 Å². The zero-order valence-corrected chi connectivity index (χ0v) is 19.1.